The lowest BCUT2D eigenvalue weighted by atomic mass is 10.1. The van der Waals surface area contributed by atoms with Crippen LogP contribution in [0.4, 0.5) is 0 Å². The van der Waals surface area contributed by atoms with Crippen molar-refractivity contribution in [3.05, 3.63) is 36.5 Å². The molecule has 8 nitrogen and oxygen atoms in total. The van der Waals surface area contributed by atoms with E-state index in [1.54, 1.807) is 0 Å². The Balaban J connectivity index is 0. The SMILES string of the molecule is CC/C=C\C/C=C\C/C=C\CCCCCCCCC(=O)OC[C@@H](O)COP(=O)([O-])O.[NH4+]. The van der Waals surface area contributed by atoms with Crippen molar-refractivity contribution in [3.63, 3.8) is 0 Å². The zero-order valence-corrected chi connectivity index (χ0v) is 20.0. The first-order valence-electron chi connectivity index (χ1n) is 10.8. The van der Waals surface area contributed by atoms with Crippen LogP contribution in [-0.2, 0) is 18.6 Å². The second kappa shape index (κ2) is 21.9. The quantitative estimate of drug-likeness (QED) is 0.108. The summed E-state index contributed by atoms with van der Waals surface area (Å²) < 4.78 is 19.2. The first kappa shape index (κ1) is 31.9. The summed E-state index contributed by atoms with van der Waals surface area (Å²) in [5.41, 5.74) is 0. The summed E-state index contributed by atoms with van der Waals surface area (Å²) in [5, 5.41) is 9.39. The summed E-state index contributed by atoms with van der Waals surface area (Å²) in [5.74, 6) is -0.441. The largest absolute Gasteiger partial charge is 0.756 e. The number of hydrogen-bond donors (Lipinski definition) is 3. The van der Waals surface area contributed by atoms with Crippen molar-refractivity contribution in [2.24, 2.45) is 0 Å². The number of allylic oxidation sites excluding steroid dienone is 6. The van der Waals surface area contributed by atoms with E-state index in [2.05, 4.69) is 47.9 Å². The highest BCUT2D eigenvalue weighted by molar-refractivity contribution is 7.44. The van der Waals surface area contributed by atoms with E-state index < -0.39 is 26.5 Å². The highest BCUT2D eigenvalue weighted by atomic mass is 31.2. The highest BCUT2D eigenvalue weighted by Crippen LogP contribution is 2.30. The Hall–Kier alpha value is -1.28. The molecule has 1 unspecified atom stereocenters. The van der Waals surface area contributed by atoms with Crippen LogP contribution in [0.5, 0.6) is 0 Å². The smallest absolute Gasteiger partial charge is 0.305 e. The number of esters is 1. The second-order valence-corrected chi connectivity index (χ2v) is 8.25. The molecule has 0 amide bonds. The van der Waals surface area contributed by atoms with Gasteiger partial charge in [0.05, 0.1) is 6.61 Å². The standard InChI is InChI=1S/C22H39O7P.H3N/c1-2-3-4-5-6-7-8-9-10-11-12-13-14-15-16-17-18-22(24)28-19-21(23)20-29-30(25,26)27;/h3-4,6-7,9-10,21,23H,2,5,8,11-20H2,1H3,(H2,25,26,27);1H3/b4-3-,7-6-,10-9-;/t21-;/m1./s1. The number of unbranched alkanes of at least 4 members (excludes halogenated alkanes) is 6. The van der Waals surface area contributed by atoms with E-state index >= 15 is 0 Å². The average Bonchev–Trinajstić information content (AvgIpc) is 2.69. The van der Waals surface area contributed by atoms with Gasteiger partial charge in [0.15, 0.2) is 0 Å². The van der Waals surface area contributed by atoms with Gasteiger partial charge >= 0.3 is 5.97 Å². The lowest BCUT2D eigenvalue weighted by molar-refractivity contribution is -0.222. The van der Waals surface area contributed by atoms with Gasteiger partial charge in [-0.3, -0.25) is 9.36 Å². The van der Waals surface area contributed by atoms with Gasteiger partial charge in [-0.1, -0.05) is 69.1 Å². The number of carbonyl (C=O) groups excluding carboxylic acids is 1. The molecule has 31 heavy (non-hydrogen) atoms. The Kier molecular flexibility index (Phi) is 22.6. The number of phosphoric ester groups is 1. The Morgan fingerprint density at radius 3 is 2.10 bits per heavy atom. The van der Waals surface area contributed by atoms with Crippen LogP contribution in [0.1, 0.15) is 77.6 Å². The Morgan fingerprint density at radius 1 is 0.935 bits per heavy atom. The molecule has 0 fully saturated rings. The van der Waals surface area contributed by atoms with Crippen molar-refractivity contribution in [2.75, 3.05) is 13.2 Å². The van der Waals surface area contributed by atoms with E-state index in [9.17, 15) is 19.4 Å². The molecule has 0 aliphatic rings. The van der Waals surface area contributed by atoms with Crippen LogP contribution in [0.3, 0.4) is 0 Å². The van der Waals surface area contributed by atoms with Gasteiger partial charge in [0.25, 0.3) is 7.82 Å². The molecule has 0 rings (SSSR count). The van der Waals surface area contributed by atoms with E-state index in [1.807, 2.05) is 0 Å². The number of aliphatic hydroxyl groups is 1. The number of aliphatic hydroxyl groups excluding tert-OH is 1. The van der Waals surface area contributed by atoms with Crippen molar-refractivity contribution < 1.29 is 33.5 Å². The van der Waals surface area contributed by atoms with Crippen molar-refractivity contribution in [1.29, 1.82) is 0 Å². The zero-order chi connectivity index (χ0) is 22.5. The van der Waals surface area contributed by atoms with Crippen LogP contribution in [0.25, 0.3) is 0 Å². The third kappa shape index (κ3) is 26.7. The van der Waals surface area contributed by atoms with Gasteiger partial charge in [0.1, 0.15) is 12.7 Å². The van der Waals surface area contributed by atoms with Gasteiger partial charge in [0.2, 0.25) is 0 Å². The first-order chi connectivity index (χ1) is 14.3. The molecular formula is C22H42NO7P. The maximum atomic E-state index is 11.5. The van der Waals surface area contributed by atoms with Crippen molar-refractivity contribution >= 4 is 13.8 Å². The van der Waals surface area contributed by atoms with E-state index in [4.69, 9.17) is 9.63 Å². The molecule has 6 N–H and O–H groups in total. The fourth-order valence-corrected chi connectivity index (χ4v) is 2.92. The van der Waals surface area contributed by atoms with Crippen LogP contribution in [0.15, 0.2) is 36.5 Å². The summed E-state index contributed by atoms with van der Waals surface area (Å²) in [6.45, 7) is 1.12. The van der Waals surface area contributed by atoms with Crippen molar-refractivity contribution in [1.82, 2.24) is 6.15 Å². The number of rotatable bonds is 19. The molecule has 0 aromatic carbocycles. The number of hydrogen-bond acceptors (Lipinski definition) is 6. The number of ether oxygens (including phenoxy) is 1. The lowest BCUT2D eigenvalue weighted by Gasteiger charge is -2.18. The second-order valence-electron chi connectivity index (χ2n) is 7.06. The topological polar surface area (TPSA) is 153 Å². The minimum Gasteiger partial charge on any atom is -0.756 e. The number of carbonyl (C=O) groups is 1. The molecular weight excluding hydrogens is 421 g/mol. The van der Waals surface area contributed by atoms with Crippen molar-refractivity contribution in [2.45, 2.75) is 83.7 Å². The minimum atomic E-state index is -4.87. The Labute approximate surface area is 187 Å². The predicted molar refractivity (Wildman–Crippen MR) is 123 cm³/mol. The third-order valence-corrected chi connectivity index (χ3v) is 4.62. The summed E-state index contributed by atoms with van der Waals surface area (Å²) >= 11 is 0. The molecule has 9 heteroatoms. The Morgan fingerprint density at radius 2 is 1.48 bits per heavy atom. The maximum Gasteiger partial charge on any atom is 0.305 e. The first-order valence-corrected chi connectivity index (χ1v) is 12.3. The van der Waals surface area contributed by atoms with Gasteiger partial charge in [-0.25, -0.2) is 0 Å². The third-order valence-electron chi connectivity index (χ3n) is 4.15. The average molecular weight is 464 g/mol. The number of phosphoric acid groups is 1. The van der Waals surface area contributed by atoms with Crippen LogP contribution in [0, 0.1) is 0 Å². The van der Waals surface area contributed by atoms with Crippen LogP contribution < -0.4 is 11.0 Å². The van der Waals surface area contributed by atoms with E-state index in [-0.39, 0.29) is 19.2 Å². The fraction of sp³-hybridized carbons (Fsp3) is 0.682. The monoisotopic (exact) mass is 463 g/mol. The van der Waals surface area contributed by atoms with Gasteiger partial charge in [-0.2, -0.15) is 0 Å². The number of quaternary nitrogens is 1. The molecule has 182 valence electrons. The zero-order valence-electron chi connectivity index (χ0n) is 19.1. The fourth-order valence-electron chi connectivity index (χ4n) is 2.55. The molecule has 0 radical (unpaired) electrons. The molecule has 0 aromatic heterocycles. The summed E-state index contributed by atoms with van der Waals surface area (Å²) in [4.78, 5) is 30.3. The maximum absolute atomic E-state index is 11.5. The summed E-state index contributed by atoms with van der Waals surface area (Å²) in [6, 6.07) is 0. The van der Waals surface area contributed by atoms with E-state index in [1.165, 1.54) is 12.8 Å². The molecule has 0 spiro atoms. The predicted octanol–water partition coefficient (Wildman–Crippen LogP) is 4.72. The molecule has 0 heterocycles. The summed E-state index contributed by atoms with van der Waals surface area (Å²) in [6.07, 6.45) is 22.5. The van der Waals surface area contributed by atoms with Crippen LogP contribution >= 0.6 is 7.82 Å². The van der Waals surface area contributed by atoms with Gasteiger partial charge in [-0.05, 0) is 38.5 Å². The molecule has 0 aliphatic heterocycles. The van der Waals surface area contributed by atoms with Crippen LogP contribution in [0.2, 0.25) is 0 Å². The highest BCUT2D eigenvalue weighted by Gasteiger charge is 2.12. The van der Waals surface area contributed by atoms with Gasteiger partial charge in [-0.15, -0.1) is 0 Å². The molecule has 0 aromatic rings. The normalized spacial score (nSPS) is 14.7. The van der Waals surface area contributed by atoms with E-state index in [0.717, 1.165) is 51.4 Å². The molecule has 0 aliphatic carbocycles. The van der Waals surface area contributed by atoms with Crippen molar-refractivity contribution in [3.8, 4) is 0 Å². The lowest BCUT2D eigenvalue weighted by Crippen LogP contribution is -2.24. The molecule has 0 saturated carbocycles. The Bertz CT molecular complexity index is 558. The van der Waals surface area contributed by atoms with Gasteiger partial charge < -0.3 is 30.3 Å². The van der Waals surface area contributed by atoms with Gasteiger partial charge in [0, 0.05) is 6.42 Å². The van der Waals surface area contributed by atoms with E-state index in [0.29, 0.717) is 0 Å². The molecule has 0 saturated heterocycles. The minimum absolute atomic E-state index is 0. The molecule has 0 bridgehead atoms. The van der Waals surface area contributed by atoms with Crippen LogP contribution in [-0.4, -0.2) is 35.3 Å². The summed E-state index contributed by atoms with van der Waals surface area (Å²) in [7, 11) is -4.87. The molecule has 2 atom stereocenters.